The Kier molecular flexibility index (Phi) is 6.68. The number of aryl methyl sites for hydroxylation is 2. The molecule has 21 heavy (non-hydrogen) atoms. The monoisotopic (exact) mass is 297 g/mol. The molecule has 0 saturated carbocycles. The lowest BCUT2D eigenvalue weighted by Crippen LogP contribution is -2.47. The quantitative estimate of drug-likeness (QED) is 0.717. The summed E-state index contributed by atoms with van der Waals surface area (Å²) in [7, 11) is 0. The highest BCUT2D eigenvalue weighted by Gasteiger charge is 2.17. The molecule has 6 nitrogen and oxygen atoms in total. The van der Waals surface area contributed by atoms with Gasteiger partial charge in [-0.1, -0.05) is 19.0 Å². The van der Waals surface area contributed by atoms with E-state index in [0.717, 1.165) is 23.4 Å². The van der Waals surface area contributed by atoms with Gasteiger partial charge in [0.2, 0.25) is 0 Å². The fourth-order valence-electron chi connectivity index (χ4n) is 2.35. The van der Waals surface area contributed by atoms with Crippen molar-refractivity contribution in [1.82, 2.24) is 15.8 Å². The number of hydrogen-bond donors (Lipinski definition) is 3. The number of nitrogens with zero attached hydrogens (tertiary/aromatic N) is 1. The average molecular weight is 297 g/mol. The maximum atomic E-state index is 11.9. The van der Waals surface area contributed by atoms with Gasteiger partial charge in [0.1, 0.15) is 5.76 Å². The topological polar surface area (TPSA) is 87.4 Å². The number of carbonyl (C=O) groups is 1. The van der Waals surface area contributed by atoms with Gasteiger partial charge in [-0.3, -0.25) is 0 Å². The molecule has 2 amide bonds. The SMILES string of the molecule is Cc1noc(C)c1CC(C)NC(=O)NC(CO)CC(C)C. The molecule has 6 heteroatoms. The van der Waals surface area contributed by atoms with Crippen molar-refractivity contribution in [1.29, 1.82) is 0 Å². The first-order valence-corrected chi connectivity index (χ1v) is 7.43. The molecule has 1 aromatic heterocycles. The number of aliphatic hydroxyl groups is 1. The van der Waals surface area contributed by atoms with Crippen LogP contribution < -0.4 is 10.6 Å². The van der Waals surface area contributed by atoms with Crippen molar-refractivity contribution >= 4 is 6.03 Å². The van der Waals surface area contributed by atoms with Crippen LogP contribution >= 0.6 is 0 Å². The maximum Gasteiger partial charge on any atom is 0.315 e. The summed E-state index contributed by atoms with van der Waals surface area (Å²) in [4.78, 5) is 11.9. The second-order valence-electron chi connectivity index (χ2n) is 6.03. The van der Waals surface area contributed by atoms with E-state index in [1.54, 1.807) is 0 Å². The van der Waals surface area contributed by atoms with Crippen LogP contribution in [0.4, 0.5) is 4.79 Å². The predicted octanol–water partition coefficient (Wildman–Crippen LogP) is 1.93. The van der Waals surface area contributed by atoms with Gasteiger partial charge in [0.15, 0.2) is 0 Å². The van der Waals surface area contributed by atoms with Crippen molar-refractivity contribution in [2.45, 2.75) is 59.5 Å². The zero-order valence-electron chi connectivity index (χ0n) is 13.6. The molecule has 0 spiro atoms. The lowest BCUT2D eigenvalue weighted by molar-refractivity contribution is 0.205. The molecule has 2 atom stereocenters. The van der Waals surface area contributed by atoms with E-state index in [2.05, 4.69) is 29.6 Å². The van der Waals surface area contributed by atoms with Crippen molar-refractivity contribution in [3.05, 3.63) is 17.0 Å². The van der Waals surface area contributed by atoms with Crippen LogP contribution in [0.25, 0.3) is 0 Å². The van der Waals surface area contributed by atoms with Gasteiger partial charge in [-0.15, -0.1) is 0 Å². The molecule has 0 aliphatic carbocycles. The molecule has 0 aliphatic rings. The van der Waals surface area contributed by atoms with Crippen molar-refractivity contribution in [2.24, 2.45) is 5.92 Å². The molecule has 0 saturated heterocycles. The minimum Gasteiger partial charge on any atom is -0.394 e. The first-order chi connectivity index (χ1) is 9.83. The van der Waals surface area contributed by atoms with E-state index >= 15 is 0 Å². The van der Waals surface area contributed by atoms with Gasteiger partial charge in [0.25, 0.3) is 0 Å². The van der Waals surface area contributed by atoms with Crippen LogP contribution in [0.5, 0.6) is 0 Å². The number of urea groups is 1. The lowest BCUT2D eigenvalue weighted by atomic mass is 10.0. The number of rotatable bonds is 7. The second-order valence-corrected chi connectivity index (χ2v) is 6.03. The molecule has 0 aromatic carbocycles. The van der Waals surface area contributed by atoms with Gasteiger partial charge in [0.05, 0.1) is 18.3 Å². The fourth-order valence-corrected chi connectivity index (χ4v) is 2.35. The van der Waals surface area contributed by atoms with Crippen LogP contribution in [0, 0.1) is 19.8 Å². The highest BCUT2D eigenvalue weighted by molar-refractivity contribution is 5.74. The van der Waals surface area contributed by atoms with Crippen LogP contribution in [0.3, 0.4) is 0 Å². The predicted molar refractivity (Wildman–Crippen MR) is 81.1 cm³/mol. The minimum atomic E-state index is -0.256. The molecule has 0 aliphatic heterocycles. The molecule has 1 rings (SSSR count). The highest BCUT2D eigenvalue weighted by atomic mass is 16.5. The Bertz CT molecular complexity index is 438. The Morgan fingerprint density at radius 2 is 1.95 bits per heavy atom. The third-order valence-electron chi connectivity index (χ3n) is 3.38. The van der Waals surface area contributed by atoms with E-state index < -0.39 is 0 Å². The number of hydrogen-bond acceptors (Lipinski definition) is 4. The molecule has 2 unspecified atom stereocenters. The van der Waals surface area contributed by atoms with Gasteiger partial charge in [-0.05, 0) is 39.5 Å². The third kappa shape index (κ3) is 5.75. The first-order valence-electron chi connectivity index (χ1n) is 7.43. The Labute approximate surface area is 126 Å². The molecule has 3 N–H and O–H groups in total. The highest BCUT2D eigenvalue weighted by Crippen LogP contribution is 2.14. The van der Waals surface area contributed by atoms with Gasteiger partial charge in [-0.25, -0.2) is 4.79 Å². The normalized spacial score (nSPS) is 14.0. The molecule has 1 heterocycles. The van der Waals surface area contributed by atoms with Crippen LogP contribution in [0.15, 0.2) is 4.52 Å². The van der Waals surface area contributed by atoms with E-state index in [0.29, 0.717) is 12.3 Å². The molecular weight excluding hydrogens is 270 g/mol. The molecule has 0 bridgehead atoms. The summed E-state index contributed by atoms with van der Waals surface area (Å²) >= 11 is 0. The van der Waals surface area contributed by atoms with Crippen LogP contribution in [0.1, 0.15) is 44.2 Å². The van der Waals surface area contributed by atoms with E-state index in [-0.39, 0.29) is 24.7 Å². The third-order valence-corrected chi connectivity index (χ3v) is 3.38. The number of carbonyl (C=O) groups excluding carboxylic acids is 1. The van der Waals surface area contributed by atoms with Crippen molar-refractivity contribution in [2.75, 3.05) is 6.61 Å². The Hall–Kier alpha value is -1.56. The summed E-state index contributed by atoms with van der Waals surface area (Å²) < 4.78 is 5.12. The van der Waals surface area contributed by atoms with E-state index in [4.69, 9.17) is 4.52 Å². The summed E-state index contributed by atoms with van der Waals surface area (Å²) in [5, 5.41) is 18.9. The Morgan fingerprint density at radius 1 is 1.29 bits per heavy atom. The van der Waals surface area contributed by atoms with Gasteiger partial charge in [0, 0.05) is 11.6 Å². The number of aromatic nitrogens is 1. The van der Waals surface area contributed by atoms with Gasteiger partial charge < -0.3 is 20.3 Å². The first kappa shape index (κ1) is 17.5. The van der Waals surface area contributed by atoms with Gasteiger partial charge >= 0.3 is 6.03 Å². The second kappa shape index (κ2) is 8.02. The Balaban J connectivity index is 2.47. The zero-order chi connectivity index (χ0) is 16.0. The summed E-state index contributed by atoms with van der Waals surface area (Å²) in [5.74, 6) is 1.21. The number of nitrogens with one attached hydrogen (secondary N) is 2. The number of aliphatic hydroxyl groups excluding tert-OH is 1. The molecule has 0 radical (unpaired) electrons. The summed E-state index contributed by atoms with van der Waals surface area (Å²) in [6.45, 7) is 9.76. The number of amides is 2. The Morgan fingerprint density at radius 3 is 2.43 bits per heavy atom. The van der Waals surface area contributed by atoms with Crippen molar-refractivity contribution < 1.29 is 14.4 Å². The van der Waals surface area contributed by atoms with Crippen LogP contribution in [0.2, 0.25) is 0 Å². The minimum absolute atomic E-state index is 0.0415. The smallest absolute Gasteiger partial charge is 0.315 e. The molecule has 1 aromatic rings. The van der Waals surface area contributed by atoms with E-state index in [1.807, 2.05) is 20.8 Å². The summed E-state index contributed by atoms with van der Waals surface area (Å²) in [5.41, 5.74) is 1.89. The van der Waals surface area contributed by atoms with Gasteiger partial charge in [-0.2, -0.15) is 0 Å². The molecule has 120 valence electrons. The van der Waals surface area contributed by atoms with Crippen LogP contribution in [-0.4, -0.2) is 35.0 Å². The lowest BCUT2D eigenvalue weighted by Gasteiger charge is -2.20. The summed E-state index contributed by atoms with van der Waals surface area (Å²) in [6, 6.07) is -0.509. The van der Waals surface area contributed by atoms with Crippen LogP contribution in [-0.2, 0) is 6.42 Å². The van der Waals surface area contributed by atoms with Crippen molar-refractivity contribution in [3.63, 3.8) is 0 Å². The standard InChI is InChI=1S/C15H27N3O3/c1-9(2)6-13(8-19)17-15(20)16-10(3)7-14-11(4)18-21-12(14)5/h9-10,13,19H,6-8H2,1-5H3,(H2,16,17,20). The molecular formula is C15H27N3O3. The average Bonchev–Trinajstić information content (AvgIpc) is 2.69. The summed E-state index contributed by atoms with van der Waals surface area (Å²) in [6.07, 6.45) is 1.42. The fraction of sp³-hybridized carbons (Fsp3) is 0.733. The zero-order valence-corrected chi connectivity index (χ0v) is 13.6. The van der Waals surface area contributed by atoms with Crippen molar-refractivity contribution in [3.8, 4) is 0 Å². The van der Waals surface area contributed by atoms with E-state index in [9.17, 15) is 9.90 Å². The largest absolute Gasteiger partial charge is 0.394 e. The maximum absolute atomic E-state index is 11.9. The molecule has 0 fully saturated rings. The van der Waals surface area contributed by atoms with E-state index in [1.165, 1.54) is 0 Å².